The van der Waals surface area contributed by atoms with E-state index in [4.69, 9.17) is 9.47 Å². The van der Waals surface area contributed by atoms with Crippen molar-refractivity contribution in [3.63, 3.8) is 0 Å². The van der Waals surface area contributed by atoms with Gasteiger partial charge < -0.3 is 14.8 Å². The average molecular weight is 394 g/mol. The Balaban J connectivity index is 1.84. The molecule has 2 aromatic carbocycles. The van der Waals surface area contributed by atoms with Crippen molar-refractivity contribution >= 4 is 38.3 Å². The fraction of sp³-hybridized carbons (Fsp3) is 0.125. The third-order valence-corrected chi connectivity index (χ3v) is 4.20. The largest absolute Gasteiger partial charge is 0.486 e. The van der Waals surface area contributed by atoms with E-state index >= 15 is 0 Å². The minimum Gasteiger partial charge on any atom is -0.486 e. The second-order valence-electron chi connectivity index (χ2n) is 5.08. The van der Waals surface area contributed by atoms with E-state index in [0.29, 0.717) is 35.6 Å². The van der Waals surface area contributed by atoms with Crippen molar-refractivity contribution in [1.82, 2.24) is 9.97 Å². The van der Waals surface area contributed by atoms with Crippen LogP contribution in [-0.4, -0.2) is 23.2 Å². The number of hydrogen-bond acceptors (Lipinski definition) is 5. The minimum absolute atomic E-state index is 0.152. The van der Waals surface area contributed by atoms with Gasteiger partial charge in [-0.05, 0) is 34.1 Å². The maximum Gasteiger partial charge on any atom is 0.163 e. The van der Waals surface area contributed by atoms with Crippen LogP contribution in [0.4, 0.5) is 20.3 Å². The molecule has 0 saturated carbocycles. The zero-order valence-corrected chi connectivity index (χ0v) is 13.7. The van der Waals surface area contributed by atoms with Crippen LogP contribution >= 0.6 is 15.9 Å². The summed E-state index contributed by atoms with van der Waals surface area (Å²) in [7, 11) is 0. The van der Waals surface area contributed by atoms with Gasteiger partial charge in [-0.1, -0.05) is 0 Å². The number of ether oxygens (including phenoxy) is 2. The molecule has 0 amide bonds. The van der Waals surface area contributed by atoms with E-state index in [1.54, 1.807) is 12.1 Å². The summed E-state index contributed by atoms with van der Waals surface area (Å²) in [5.41, 5.74) is 0.284. The van der Waals surface area contributed by atoms with Gasteiger partial charge in [0, 0.05) is 11.5 Å². The maximum absolute atomic E-state index is 14.2. The summed E-state index contributed by atoms with van der Waals surface area (Å²) < 4.78 is 39.4. The Hall–Kier alpha value is -2.48. The molecule has 0 unspecified atom stereocenters. The Kier molecular flexibility index (Phi) is 3.68. The topological polar surface area (TPSA) is 56.3 Å². The predicted octanol–water partition coefficient (Wildman–Crippen LogP) is 4.19. The molecule has 122 valence electrons. The number of aromatic nitrogens is 2. The van der Waals surface area contributed by atoms with Crippen LogP contribution in [0.15, 0.2) is 35.1 Å². The predicted molar refractivity (Wildman–Crippen MR) is 87.9 cm³/mol. The third kappa shape index (κ3) is 2.52. The van der Waals surface area contributed by atoms with Crippen LogP contribution in [0.1, 0.15) is 0 Å². The SMILES string of the molecule is Fc1ccc(Br)c(F)c1Nc1ncnc2cc3c(cc12)OCCO3. The van der Waals surface area contributed by atoms with Crippen LogP contribution < -0.4 is 14.8 Å². The number of benzene rings is 2. The Morgan fingerprint density at radius 2 is 1.79 bits per heavy atom. The van der Waals surface area contributed by atoms with Crippen molar-refractivity contribution in [2.24, 2.45) is 0 Å². The lowest BCUT2D eigenvalue weighted by Crippen LogP contribution is -2.15. The summed E-state index contributed by atoms with van der Waals surface area (Å²) in [4.78, 5) is 8.27. The Bertz CT molecular complexity index is 952. The molecule has 1 aliphatic rings. The fourth-order valence-corrected chi connectivity index (χ4v) is 2.78. The van der Waals surface area contributed by atoms with Crippen LogP contribution in [-0.2, 0) is 0 Å². The van der Waals surface area contributed by atoms with Gasteiger partial charge >= 0.3 is 0 Å². The molecule has 1 aliphatic heterocycles. The number of anilines is 2. The molecule has 5 nitrogen and oxygen atoms in total. The van der Waals surface area contributed by atoms with Gasteiger partial charge in [0.1, 0.15) is 36.9 Å². The van der Waals surface area contributed by atoms with Crippen LogP contribution in [0.2, 0.25) is 0 Å². The Morgan fingerprint density at radius 1 is 1.04 bits per heavy atom. The molecule has 24 heavy (non-hydrogen) atoms. The zero-order valence-electron chi connectivity index (χ0n) is 12.1. The highest BCUT2D eigenvalue weighted by Gasteiger charge is 2.18. The molecule has 2 heterocycles. The van der Waals surface area contributed by atoms with Crippen LogP contribution in [0.3, 0.4) is 0 Å². The molecule has 0 bridgehead atoms. The second kappa shape index (κ2) is 5.86. The Morgan fingerprint density at radius 3 is 2.58 bits per heavy atom. The first kappa shape index (κ1) is 15.1. The van der Waals surface area contributed by atoms with Gasteiger partial charge in [0.05, 0.1) is 9.99 Å². The molecule has 1 aromatic heterocycles. The number of rotatable bonds is 2. The molecular weight excluding hydrogens is 384 g/mol. The average Bonchev–Trinajstić information content (AvgIpc) is 2.60. The van der Waals surface area contributed by atoms with Crippen LogP contribution in [0.5, 0.6) is 11.5 Å². The van der Waals surface area contributed by atoms with Crippen LogP contribution in [0.25, 0.3) is 10.9 Å². The van der Waals surface area contributed by atoms with Crippen molar-refractivity contribution < 1.29 is 18.3 Å². The van der Waals surface area contributed by atoms with E-state index in [1.165, 1.54) is 12.4 Å². The lowest BCUT2D eigenvalue weighted by atomic mass is 10.2. The van der Waals surface area contributed by atoms with E-state index in [1.807, 2.05) is 0 Å². The first-order valence-electron chi connectivity index (χ1n) is 7.08. The van der Waals surface area contributed by atoms with Gasteiger partial charge in [-0.15, -0.1) is 0 Å². The van der Waals surface area contributed by atoms with Crippen molar-refractivity contribution in [2.75, 3.05) is 18.5 Å². The summed E-state index contributed by atoms with van der Waals surface area (Å²) in [6.45, 7) is 0.896. The summed E-state index contributed by atoms with van der Waals surface area (Å²) in [5, 5.41) is 3.27. The van der Waals surface area contributed by atoms with Gasteiger partial charge in [0.15, 0.2) is 17.3 Å². The van der Waals surface area contributed by atoms with Crippen molar-refractivity contribution in [3.05, 3.63) is 46.7 Å². The number of halogens is 3. The van der Waals surface area contributed by atoms with Gasteiger partial charge in [-0.2, -0.15) is 0 Å². The summed E-state index contributed by atoms with van der Waals surface area (Å²) in [5.74, 6) is -0.0628. The quantitative estimate of drug-likeness (QED) is 0.661. The van der Waals surface area contributed by atoms with Gasteiger partial charge in [0.25, 0.3) is 0 Å². The third-order valence-electron chi connectivity index (χ3n) is 3.59. The van der Waals surface area contributed by atoms with E-state index in [9.17, 15) is 8.78 Å². The molecule has 0 saturated heterocycles. The molecule has 0 fully saturated rings. The molecule has 1 N–H and O–H groups in total. The number of hydrogen-bond donors (Lipinski definition) is 1. The van der Waals surface area contributed by atoms with E-state index < -0.39 is 11.6 Å². The van der Waals surface area contributed by atoms with E-state index in [-0.39, 0.29) is 16.0 Å². The molecule has 0 aliphatic carbocycles. The van der Waals surface area contributed by atoms with E-state index in [0.717, 1.165) is 6.07 Å². The molecule has 8 heteroatoms. The number of nitrogens with one attached hydrogen (secondary N) is 1. The number of fused-ring (bicyclic) bond motifs is 2. The highest BCUT2D eigenvalue weighted by atomic mass is 79.9. The van der Waals surface area contributed by atoms with Gasteiger partial charge in [-0.3, -0.25) is 0 Å². The molecular formula is C16H10BrF2N3O2. The smallest absolute Gasteiger partial charge is 0.163 e. The second-order valence-corrected chi connectivity index (χ2v) is 5.93. The lowest BCUT2D eigenvalue weighted by molar-refractivity contribution is 0.172. The number of nitrogens with zero attached hydrogens (tertiary/aromatic N) is 2. The van der Waals surface area contributed by atoms with Gasteiger partial charge in [0.2, 0.25) is 0 Å². The normalized spacial score (nSPS) is 13.1. The molecule has 3 aromatic rings. The zero-order chi connectivity index (χ0) is 16.7. The van der Waals surface area contributed by atoms with Crippen molar-refractivity contribution in [3.8, 4) is 11.5 Å². The first-order chi connectivity index (χ1) is 11.6. The molecule has 0 radical (unpaired) electrons. The molecule has 4 rings (SSSR count). The standard InChI is InChI=1S/C16H10BrF2N3O2/c17-9-1-2-10(18)15(14(9)19)22-16-8-5-12-13(24-4-3-23-12)6-11(8)20-7-21-16/h1-2,5-7H,3-4H2,(H,20,21,22). The minimum atomic E-state index is -0.737. The first-order valence-corrected chi connectivity index (χ1v) is 7.87. The summed E-state index contributed by atoms with van der Waals surface area (Å²) >= 11 is 3.04. The maximum atomic E-state index is 14.2. The Labute approximate surface area is 143 Å². The monoisotopic (exact) mass is 393 g/mol. The van der Waals surface area contributed by atoms with Crippen molar-refractivity contribution in [2.45, 2.75) is 0 Å². The van der Waals surface area contributed by atoms with Crippen LogP contribution in [0, 0.1) is 11.6 Å². The highest BCUT2D eigenvalue weighted by molar-refractivity contribution is 9.10. The van der Waals surface area contributed by atoms with Crippen molar-refractivity contribution in [1.29, 1.82) is 0 Å². The summed E-state index contributed by atoms with van der Waals surface area (Å²) in [6.07, 6.45) is 1.31. The summed E-state index contributed by atoms with van der Waals surface area (Å²) in [6, 6.07) is 5.87. The van der Waals surface area contributed by atoms with E-state index in [2.05, 4.69) is 31.2 Å². The fourth-order valence-electron chi connectivity index (χ4n) is 2.45. The molecule has 0 spiro atoms. The lowest BCUT2D eigenvalue weighted by Gasteiger charge is -2.19. The van der Waals surface area contributed by atoms with Gasteiger partial charge in [-0.25, -0.2) is 18.7 Å². The highest BCUT2D eigenvalue weighted by Crippen LogP contribution is 2.37. The molecule has 0 atom stereocenters.